The Morgan fingerprint density at radius 3 is 2.78 bits per heavy atom. The second kappa shape index (κ2) is 6.90. The largest absolute Gasteiger partial charge is 0.395 e. The standard InChI is InChI=1S/C12H20N4O2/c1-4-14-11-8-13-7-10(15-11)12(18)16(5-6-17)9(2)3/h7-9,17H,4-6H2,1-3H3,(H,14,15). The van der Waals surface area contributed by atoms with Gasteiger partial charge in [0, 0.05) is 19.1 Å². The Labute approximate surface area is 107 Å². The zero-order chi connectivity index (χ0) is 13.5. The highest BCUT2D eigenvalue weighted by Crippen LogP contribution is 2.08. The van der Waals surface area contributed by atoms with Gasteiger partial charge in [-0.15, -0.1) is 0 Å². The van der Waals surface area contributed by atoms with E-state index in [1.165, 1.54) is 6.20 Å². The quantitative estimate of drug-likeness (QED) is 0.781. The fraction of sp³-hybridized carbons (Fsp3) is 0.583. The highest BCUT2D eigenvalue weighted by molar-refractivity contribution is 5.92. The summed E-state index contributed by atoms with van der Waals surface area (Å²) in [5.41, 5.74) is 0.288. The van der Waals surface area contributed by atoms with E-state index in [4.69, 9.17) is 5.11 Å². The van der Waals surface area contributed by atoms with Crippen LogP contribution in [0.1, 0.15) is 31.3 Å². The number of aliphatic hydroxyl groups excluding tert-OH is 1. The van der Waals surface area contributed by atoms with E-state index in [-0.39, 0.29) is 24.2 Å². The minimum atomic E-state index is -0.216. The van der Waals surface area contributed by atoms with E-state index < -0.39 is 0 Å². The molecule has 1 amide bonds. The van der Waals surface area contributed by atoms with Gasteiger partial charge in [-0.3, -0.25) is 9.78 Å². The zero-order valence-corrected chi connectivity index (χ0v) is 11.1. The van der Waals surface area contributed by atoms with Crippen LogP contribution in [0.3, 0.4) is 0 Å². The lowest BCUT2D eigenvalue weighted by Crippen LogP contribution is -2.39. The van der Waals surface area contributed by atoms with Crippen LogP contribution in [0, 0.1) is 0 Å². The molecule has 1 rings (SSSR count). The fourth-order valence-electron chi connectivity index (χ4n) is 1.58. The molecule has 0 bridgehead atoms. The van der Waals surface area contributed by atoms with Gasteiger partial charge >= 0.3 is 0 Å². The van der Waals surface area contributed by atoms with Gasteiger partial charge in [0.1, 0.15) is 11.5 Å². The molecule has 6 heteroatoms. The van der Waals surface area contributed by atoms with Crippen molar-refractivity contribution in [1.29, 1.82) is 0 Å². The maximum atomic E-state index is 12.2. The number of rotatable bonds is 6. The number of anilines is 1. The third-order valence-electron chi connectivity index (χ3n) is 2.44. The molecule has 0 saturated carbocycles. The molecule has 0 aliphatic heterocycles. The predicted molar refractivity (Wildman–Crippen MR) is 69.5 cm³/mol. The van der Waals surface area contributed by atoms with Crippen molar-refractivity contribution in [2.24, 2.45) is 0 Å². The monoisotopic (exact) mass is 252 g/mol. The summed E-state index contributed by atoms with van der Waals surface area (Å²) in [7, 11) is 0. The SMILES string of the molecule is CCNc1cncc(C(=O)N(CCO)C(C)C)n1. The molecular weight excluding hydrogens is 232 g/mol. The van der Waals surface area contributed by atoms with Gasteiger partial charge in [-0.05, 0) is 20.8 Å². The zero-order valence-electron chi connectivity index (χ0n) is 11.1. The van der Waals surface area contributed by atoms with E-state index in [0.29, 0.717) is 12.4 Å². The van der Waals surface area contributed by atoms with Crippen LogP contribution < -0.4 is 5.32 Å². The molecule has 18 heavy (non-hydrogen) atoms. The van der Waals surface area contributed by atoms with Crippen molar-refractivity contribution in [1.82, 2.24) is 14.9 Å². The molecule has 0 fully saturated rings. The number of carbonyl (C=O) groups is 1. The number of aliphatic hydroxyl groups is 1. The van der Waals surface area contributed by atoms with Crippen molar-refractivity contribution in [2.75, 3.05) is 25.0 Å². The molecular formula is C12H20N4O2. The Morgan fingerprint density at radius 1 is 1.50 bits per heavy atom. The highest BCUT2D eigenvalue weighted by atomic mass is 16.3. The van der Waals surface area contributed by atoms with Crippen molar-refractivity contribution < 1.29 is 9.90 Å². The van der Waals surface area contributed by atoms with E-state index >= 15 is 0 Å². The van der Waals surface area contributed by atoms with E-state index in [1.54, 1.807) is 11.1 Å². The fourth-order valence-corrected chi connectivity index (χ4v) is 1.58. The minimum absolute atomic E-state index is 0.00856. The van der Waals surface area contributed by atoms with Crippen molar-refractivity contribution in [3.8, 4) is 0 Å². The first-order valence-corrected chi connectivity index (χ1v) is 6.07. The third kappa shape index (κ3) is 3.66. The average Bonchev–Trinajstić information content (AvgIpc) is 2.35. The Kier molecular flexibility index (Phi) is 5.51. The number of hydrogen-bond acceptors (Lipinski definition) is 5. The van der Waals surface area contributed by atoms with Crippen LogP contribution in [-0.2, 0) is 0 Å². The smallest absolute Gasteiger partial charge is 0.274 e. The van der Waals surface area contributed by atoms with Gasteiger partial charge in [-0.2, -0.15) is 0 Å². The van der Waals surface area contributed by atoms with Crippen LogP contribution in [0.15, 0.2) is 12.4 Å². The molecule has 1 heterocycles. The van der Waals surface area contributed by atoms with Crippen LogP contribution in [0.5, 0.6) is 0 Å². The van der Waals surface area contributed by atoms with Gasteiger partial charge < -0.3 is 15.3 Å². The van der Waals surface area contributed by atoms with Crippen LogP contribution in [-0.4, -0.2) is 51.6 Å². The van der Waals surface area contributed by atoms with Gasteiger partial charge in [0.15, 0.2) is 0 Å². The summed E-state index contributed by atoms with van der Waals surface area (Å²) >= 11 is 0. The summed E-state index contributed by atoms with van der Waals surface area (Å²) in [6, 6.07) is 0.00856. The molecule has 0 saturated heterocycles. The molecule has 0 spiro atoms. The van der Waals surface area contributed by atoms with Gasteiger partial charge in [0.05, 0.1) is 19.0 Å². The first kappa shape index (κ1) is 14.4. The van der Waals surface area contributed by atoms with Gasteiger partial charge in [-0.1, -0.05) is 0 Å². The van der Waals surface area contributed by atoms with E-state index in [0.717, 1.165) is 6.54 Å². The summed E-state index contributed by atoms with van der Waals surface area (Å²) in [5, 5.41) is 12.0. The topological polar surface area (TPSA) is 78.4 Å². The van der Waals surface area contributed by atoms with E-state index in [2.05, 4.69) is 15.3 Å². The lowest BCUT2D eigenvalue weighted by atomic mass is 10.2. The van der Waals surface area contributed by atoms with Crippen molar-refractivity contribution in [3.05, 3.63) is 18.1 Å². The van der Waals surface area contributed by atoms with Gasteiger partial charge in [0.2, 0.25) is 0 Å². The normalized spacial score (nSPS) is 10.5. The summed E-state index contributed by atoms with van der Waals surface area (Å²) in [6.45, 7) is 6.69. The van der Waals surface area contributed by atoms with Crippen LogP contribution in [0.25, 0.3) is 0 Å². The molecule has 0 atom stereocenters. The van der Waals surface area contributed by atoms with Crippen LogP contribution in [0.2, 0.25) is 0 Å². The first-order valence-electron chi connectivity index (χ1n) is 6.07. The molecule has 1 aromatic rings. The number of nitrogens with zero attached hydrogens (tertiary/aromatic N) is 3. The second-order valence-electron chi connectivity index (χ2n) is 4.14. The molecule has 0 aliphatic rings. The number of amides is 1. The number of hydrogen-bond donors (Lipinski definition) is 2. The number of carbonyl (C=O) groups excluding carboxylic acids is 1. The average molecular weight is 252 g/mol. The maximum absolute atomic E-state index is 12.2. The molecule has 0 unspecified atom stereocenters. The Morgan fingerprint density at radius 2 is 2.22 bits per heavy atom. The van der Waals surface area contributed by atoms with Crippen molar-refractivity contribution in [3.63, 3.8) is 0 Å². The predicted octanol–water partition coefficient (Wildman–Crippen LogP) is 0.751. The summed E-state index contributed by atoms with van der Waals surface area (Å²) in [6.07, 6.45) is 3.02. The van der Waals surface area contributed by atoms with Crippen molar-refractivity contribution in [2.45, 2.75) is 26.8 Å². The minimum Gasteiger partial charge on any atom is -0.395 e. The molecule has 6 nitrogen and oxygen atoms in total. The summed E-state index contributed by atoms with van der Waals surface area (Å²) in [4.78, 5) is 22.0. The molecule has 1 aromatic heterocycles. The highest BCUT2D eigenvalue weighted by Gasteiger charge is 2.19. The molecule has 100 valence electrons. The summed E-state index contributed by atoms with van der Waals surface area (Å²) in [5.74, 6) is 0.363. The van der Waals surface area contributed by atoms with Crippen LogP contribution in [0.4, 0.5) is 5.82 Å². The van der Waals surface area contributed by atoms with Gasteiger partial charge in [-0.25, -0.2) is 4.98 Å². The molecule has 2 N–H and O–H groups in total. The van der Waals surface area contributed by atoms with E-state index in [1.807, 2.05) is 20.8 Å². The molecule has 0 radical (unpaired) electrons. The number of aromatic nitrogens is 2. The number of nitrogens with one attached hydrogen (secondary N) is 1. The molecule has 0 aliphatic carbocycles. The van der Waals surface area contributed by atoms with Crippen LogP contribution >= 0.6 is 0 Å². The Hall–Kier alpha value is -1.69. The Balaban J connectivity index is 2.90. The first-order chi connectivity index (χ1) is 8.60. The summed E-state index contributed by atoms with van der Waals surface area (Å²) < 4.78 is 0. The lowest BCUT2D eigenvalue weighted by Gasteiger charge is -2.25. The lowest BCUT2D eigenvalue weighted by molar-refractivity contribution is 0.0659. The Bertz CT molecular complexity index is 395. The van der Waals surface area contributed by atoms with Gasteiger partial charge in [0.25, 0.3) is 5.91 Å². The molecule has 0 aromatic carbocycles. The van der Waals surface area contributed by atoms with E-state index in [9.17, 15) is 4.79 Å². The van der Waals surface area contributed by atoms with Crippen molar-refractivity contribution >= 4 is 11.7 Å². The second-order valence-corrected chi connectivity index (χ2v) is 4.14. The maximum Gasteiger partial charge on any atom is 0.274 e. The third-order valence-corrected chi connectivity index (χ3v) is 2.44.